The van der Waals surface area contributed by atoms with Crippen LogP contribution in [0.2, 0.25) is 5.02 Å². The van der Waals surface area contributed by atoms with Crippen molar-refractivity contribution in [1.29, 1.82) is 0 Å². The number of hydrogen-bond donors (Lipinski definition) is 2. The van der Waals surface area contributed by atoms with Gasteiger partial charge in [-0.2, -0.15) is 0 Å². The molecular formula is C12H15ClN2O5S. The molecule has 0 radical (unpaired) electrons. The van der Waals surface area contributed by atoms with Crippen LogP contribution in [-0.4, -0.2) is 31.1 Å². The molecule has 0 aromatic heterocycles. The molecule has 1 fully saturated rings. The van der Waals surface area contributed by atoms with Crippen LogP contribution < -0.4 is 4.72 Å². The Balaban J connectivity index is 2.21. The summed E-state index contributed by atoms with van der Waals surface area (Å²) in [7, 11) is -4.03. The van der Waals surface area contributed by atoms with Crippen LogP contribution >= 0.6 is 11.6 Å². The molecular weight excluding hydrogens is 320 g/mol. The Morgan fingerprint density at radius 3 is 2.71 bits per heavy atom. The number of aliphatic hydroxyl groups is 1. The molecule has 0 aliphatic heterocycles. The maximum atomic E-state index is 12.2. The molecule has 1 aliphatic carbocycles. The lowest BCUT2D eigenvalue weighted by Crippen LogP contribution is -2.32. The van der Waals surface area contributed by atoms with Gasteiger partial charge in [0.05, 0.1) is 11.0 Å². The van der Waals surface area contributed by atoms with Gasteiger partial charge in [-0.15, -0.1) is 0 Å². The van der Waals surface area contributed by atoms with E-state index in [2.05, 4.69) is 4.72 Å². The van der Waals surface area contributed by atoms with Gasteiger partial charge in [-0.05, 0) is 30.9 Å². The van der Waals surface area contributed by atoms with Crippen molar-refractivity contribution in [2.24, 2.45) is 5.92 Å². The maximum Gasteiger partial charge on any atom is 0.290 e. The number of nitro benzene ring substituents is 1. The number of nitrogens with zero attached hydrogens (tertiary/aromatic N) is 1. The van der Waals surface area contributed by atoms with E-state index in [4.69, 9.17) is 11.6 Å². The van der Waals surface area contributed by atoms with Crippen molar-refractivity contribution in [3.63, 3.8) is 0 Å². The zero-order valence-electron chi connectivity index (χ0n) is 11.0. The van der Waals surface area contributed by atoms with Crippen LogP contribution in [0.3, 0.4) is 0 Å². The highest BCUT2D eigenvalue weighted by Gasteiger charge is 2.30. The van der Waals surface area contributed by atoms with Crippen LogP contribution in [0.15, 0.2) is 23.1 Å². The number of nitrogens with one attached hydrogen (secondary N) is 1. The van der Waals surface area contributed by atoms with Crippen LogP contribution in [0.25, 0.3) is 0 Å². The van der Waals surface area contributed by atoms with Crippen molar-refractivity contribution in [3.05, 3.63) is 33.3 Å². The van der Waals surface area contributed by atoms with Crippen LogP contribution in [-0.2, 0) is 10.0 Å². The van der Waals surface area contributed by atoms with Gasteiger partial charge in [-0.3, -0.25) is 10.1 Å². The van der Waals surface area contributed by atoms with Gasteiger partial charge in [0.15, 0.2) is 4.90 Å². The molecule has 2 unspecified atom stereocenters. The summed E-state index contributed by atoms with van der Waals surface area (Å²) < 4.78 is 26.7. The number of benzene rings is 1. The fourth-order valence-electron chi connectivity index (χ4n) is 2.41. The average molecular weight is 335 g/mol. The lowest BCUT2D eigenvalue weighted by molar-refractivity contribution is -0.387. The second kappa shape index (κ2) is 6.27. The van der Waals surface area contributed by atoms with Gasteiger partial charge in [-0.25, -0.2) is 13.1 Å². The van der Waals surface area contributed by atoms with E-state index >= 15 is 0 Å². The first-order valence-electron chi connectivity index (χ1n) is 6.43. The van der Waals surface area contributed by atoms with Gasteiger partial charge in [-0.1, -0.05) is 18.0 Å². The zero-order chi connectivity index (χ0) is 15.6. The highest BCUT2D eigenvalue weighted by Crippen LogP contribution is 2.28. The minimum atomic E-state index is -4.03. The van der Waals surface area contributed by atoms with E-state index in [1.165, 1.54) is 6.07 Å². The molecule has 2 atom stereocenters. The molecule has 2 rings (SSSR count). The molecule has 9 heteroatoms. The molecule has 116 valence electrons. The van der Waals surface area contributed by atoms with Gasteiger partial charge < -0.3 is 5.11 Å². The fourth-order valence-corrected chi connectivity index (χ4v) is 3.82. The third-order valence-electron chi connectivity index (χ3n) is 3.56. The molecule has 0 spiro atoms. The average Bonchev–Trinajstić information content (AvgIpc) is 2.81. The van der Waals surface area contributed by atoms with Crippen molar-refractivity contribution in [2.75, 3.05) is 6.54 Å². The fraction of sp³-hybridized carbons (Fsp3) is 0.500. The van der Waals surface area contributed by atoms with Crippen molar-refractivity contribution in [3.8, 4) is 0 Å². The lowest BCUT2D eigenvalue weighted by atomic mass is 10.1. The molecule has 0 amide bonds. The quantitative estimate of drug-likeness (QED) is 0.629. The third kappa shape index (κ3) is 3.70. The van der Waals surface area contributed by atoms with Crippen molar-refractivity contribution in [2.45, 2.75) is 30.3 Å². The predicted molar refractivity (Wildman–Crippen MR) is 76.6 cm³/mol. The summed E-state index contributed by atoms with van der Waals surface area (Å²) >= 11 is 5.66. The first-order valence-corrected chi connectivity index (χ1v) is 8.29. The van der Waals surface area contributed by atoms with E-state index in [-0.39, 0.29) is 17.5 Å². The van der Waals surface area contributed by atoms with Gasteiger partial charge in [0.25, 0.3) is 5.69 Å². The van der Waals surface area contributed by atoms with E-state index in [0.717, 1.165) is 25.0 Å². The van der Waals surface area contributed by atoms with Crippen LogP contribution in [0.1, 0.15) is 19.3 Å². The highest BCUT2D eigenvalue weighted by atomic mass is 35.5. The first-order chi connectivity index (χ1) is 9.81. The molecule has 1 saturated carbocycles. The number of hydrogen-bond acceptors (Lipinski definition) is 5. The monoisotopic (exact) mass is 334 g/mol. The van der Waals surface area contributed by atoms with E-state index < -0.39 is 31.6 Å². The van der Waals surface area contributed by atoms with Crippen molar-refractivity contribution >= 4 is 27.3 Å². The lowest BCUT2D eigenvalue weighted by Gasteiger charge is -2.15. The molecule has 1 aromatic carbocycles. The Kier molecular flexibility index (Phi) is 4.82. The Bertz CT molecular complexity index is 649. The Hall–Kier alpha value is -1.22. The second-order valence-electron chi connectivity index (χ2n) is 4.98. The molecule has 0 bridgehead atoms. The molecule has 7 nitrogen and oxygen atoms in total. The van der Waals surface area contributed by atoms with Crippen LogP contribution in [0.4, 0.5) is 5.69 Å². The van der Waals surface area contributed by atoms with Gasteiger partial charge >= 0.3 is 0 Å². The third-order valence-corrected chi connectivity index (χ3v) is 5.27. The number of halogens is 1. The first kappa shape index (κ1) is 16.2. The molecule has 21 heavy (non-hydrogen) atoms. The maximum absolute atomic E-state index is 12.2. The van der Waals surface area contributed by atoms with Gasteiger partial charge in [0.1, 0.15) is 0 Å². The number of nitro groups is 1. The second-order valence-corrected chi connectivity index (χ2v) is 7.15. The summed E-state index contributed by atoms with van der Waals surface area (Å²) in [6.07, 6.45) is 1.68. The standard InChI is InChI=1S/C12H15ClN2O5S/c13-9-4-5-12(10(6-9)15(17)18)21(19,20)14-7-8-2-1-3-11(8)16/h4-6,8,11,14,16H,1-3,7H2. The minimum absolute atomic E-state index is 0.0588. The molecule has 1 aromatic rings. The van der Waals surface area contributed by atoms with Crippen molar-refractivity contribution in [1.82, 2.24) is 4.72 Å². The molecule has 0 heterocycles. The number of rotatable bonds is 5. The predicted octanol–water partition coefficient (Wildman–Crippen LogP) is 1.69. The van der Waals surface area contributed by atoms with Crippen LogP contribution in [0, 0.1) is 16.0 Å². The highest BCUT2D eigenvalue weighted by molar-refractivity contribution is 7.89. The Morgan fingerprint density at radius 2 is 2.14 bits per heavy atom. The van der Waals surface area contributed by atoms with E-state index in [1.54, 1.807) is 0 Å². The molecule has 0 saturated heterocycles. The summed E-state index contributed by atoms with van der Waals surface area (Å²) in [5.74, 6) is -0.161. The number of sulfonamides is 1. The summed E-state index contributed by atoms with van der Waals surface area (Å²) in [6, 6.07) is 3.39. The topological polar surface area (TPSA) is 110 Å². The van der Waals surface area contributed by atoms with Gasteiger partial charge in [0, 0.05) is 17.6 Å². The normalized spacial score (nSPS) is 22.4. The van der Waals surface area contributed by atoms with E-state index in [0.29, 0.717) is 6.42 Å². The Labute approximate surface area is 127 Å². The van der Waals surface area contributed by atoms with Gasteiger partial charge in [0.2, 0.25) is 10.0 Å². The van der Waals surface area contributed by atoms with E-state index in [9.17, 15) is 23.6 Å². The summed E-state index contributed by atoms with van der Waals surface area (Å²) in [5, 5.41) is 20.7. The summed E-state index contributed by atoms with van der Waals surface area (Å²) in [4.78, 5) is 9.73. The summed E-state index contributed by atoms with van der Waals surface area (Å²) in [6.45, 7) is 0.0588. The largest absolute Gasteiger partial charge is 0.393 e. The smallest absolute Gasteiger partial charge is 0.290 e. The van der Waals surface area contributed by atoms with E-state index in [1.807, 2.05) is 0 Å². The minimum Gasteiger partial charge on any atom is -0.393 e. The molecule has 2 N–H and O–H groups in total. The summed E-state index contributed by atoms with van der Waals surface area (Å²) in [5.41, 5.74) is -0.568. The van der Waals surface area contributed by atoms with Crippen molar-refractivity contribution < 1.29 is 18.4 Å². The van der Waals surface area contributed by atoms with Crippen LogP contribution in [0.5, 0.6) is 0 Å². The zero-order valence-corrected chi connectivity index (χ0v) is 12.6. The SMILES string of the molecule is O=[N+]([O-])c1cc(Cl)ccc1S(=O)(=O)NCC1CCCC1O. The number of aliphatic hydroxyl groups excluding tert-OH is 1. The Morgan fingerprint density at radius 1 is 1.43 bits per heavy atom. The molecule has 1 aliphatic rings.